The molecule has 1 aliphatic rings. The van der Waals surface area contributed by atoms with Crippen LogP contribution in [-0.2, 0) is 15.6 Å². The van der Waals surface area contributed by atoms with Gasteiger partial charge in [-0.25, -0.2) is 18.4 Å². The molecule has 1 fully saturated rings. The topological polar surface area (TPSA) is 136 Å². The lowest BCUT2D eigenvalue weighted by molar-refractivity contribution is 0.0905. The second-order valence-electron chi connectivity index (χ2n) is 8.46. The lowest BCUT2D eigenvalue weighted by Gasteiger charge is -2.25. The lowest BCUT2D eigenvalue weighted by Crippen LogP contribution is -2.42. The van der Waals surface area contributed by atoms with E-state index in [1.54, 1.807) is 24.5 Å². The minimum absolute atomic E-state index is 0.230. The Morgan fingerprint density at radius 2 is 1.97 bits per heavy atom. The van der Waals surface area contributed by atoms with Gasteiger partial charge in [0.2, 0.25) is 15.9 Å². The molecule has 1 amide bonds. The summed E-state index contributed by atoms with van der Waals surface area (Å²) in [6.45, 7) is 7.83. The zero-order valence-electron chi connectivity index (χ0n) is 19.3. The Labute approximate surface area is 202 Å². The summed E-state index contributed by atoms with van der Waals surface area (Å²) in [5.74, 6) is 0.0409. The zero-order chi connectivity index (χ0) is 24.5. The lowest BCUT2D eigenvalue weighted by atomic mass is 9.99. The Bertz CT molecular complexity index is 1300. The predicted molar refractivity (Wildman–Crippen MR) is 129 cm³/mol. The monoisotopic (exact) mass is 502 g/mol. The summed E-state index contributed by atoms with van der Waals surface area (Å²) < 4.78 is 32.4. The summed E-state index contributed by atoms with van der Waals surface area (Å²) >= 11 is 1.25. The fourth-order valence-corrected chi connectivity index (χ4v) is 5.95. The smallest absolute Gasteiger partial charge is 0.270 e. The molecule has 0 aliphatic heterocycles. The first-order chi connectivity index (χ1) is 16.1. The van der Waals surface area contributed by atoms with Crippen molar-refractivity contribution in [2.75, 3.05) is 11.3 Å². The van der Waals surface area contributed by atoms with E-state index in [1.807, 2.05) is 27.7 Å². The van der Waals surface area contributed by atoms with Crippen LogP contribution in [0.3, 0.4) is 0 Å². The van der Waals surface area contributed by atoms with Crippen molar-refractivity contribution >= 4 is 32.4 Å². The highest BCUT2D eigenvalue weighted by atomic mass is 32.2. The van der Waals surface area contributed by atoms with Crippen molar-refractivity contribution in [3.05, 3.63) is 47.0 Å². The van der Waals surface area contributed by atoms with Crippen molar-refractivity contribution in [1.29, 1.82) is 0 Å². The molecule has 0 spiro atoms. The number of rotatable bonds is 9. The maximum absolute atomic E-state index is 12.9. The fourth-order valence-electron chi connectivity index (χ4n) is 3.39. The van der Waals surface area contributed by atoms with Gasteiger partial charge in [0.25, 0.3) is 5.91 Å². The average molecular weight is 503 g/mol. The van der Waals surface area contributed by atoms with Gasteiger partial charge in [0.15, 0.2) is 5.13 Å². The molecule has 180 valence electrons. The van der Waals surface area contributed by atoms with Crippen molar-refractivity contribution in [2.24, 2.45) is 0 Å². The molecule has 1 saturated carbocycles. The van der Waals surface area contributed by atoms with Gasteiger partial charge in [0, 0.05) is 16.6 Å². The molecule has 0 aromatic carbocycles. The van der Waals surface area contributed by atoms with E-state index >= 15 is 0 Å². The zero-order valence-corrected chi connectivity index (χ0v) is 21.0. The Balaban J connectivity index is 1.47. The highest BCUT2D eigenvalue weighted by Gasteiger charge is 2.37. The number of pyridine rings is 1. The maximum atomic E-state index is 12.9. The van der Waals surface area contributed by atoms with Crippen LogP contribution in [0.1, 0.15) is 54.7 Å². The summed E-state index contributed by atoms with van der Waals surface area (Å²) in [6, 6.07) is 3.35. The summed E-state index contributed by atoms with van der Waals surface area (Å²) in [4.78, 5) is 31.0. The van der Waals surface area contributed by atoms with Gasteiger partial charge in [0.1, 0.15) is 5.69 Å². The third kappa shape index (κ3) is 5.33. The molecule has 3 aromatic rings. The molecule has 12 heteroatoms. The second kappa shape index (κ2) is 9.26. The predicted octanol–water partition coefficient (Wildman–Crippen LogP) is 3.27. The van der Waals surface area contributed by atoms with Crippen molar-refractivity contribution in [3.63, 3.8) is 0 Å². The van der Waals surface area contributed by atoms with Crippen molar-refractivity contribution < 1.29 is 17.9 Å². The van der Waals surface area contributed by atoms with Crippen molar-refractivity contribution in [2.45, 2.75) is 51.3 Å². The van der Waals surface area contributed by atoms with E-state index in [0.717, 1.165) is 4.88 Å². The Kier molecular flexibility index (Phi) is 6.54. The Hall–Kier alpha value is -3.12. The van der Waals surface area contributed by atoms with Crippen LogP contribution in [0.15, 0.2) is 30.7 Å². The second-order valence-corrected chi connectivity index (χ2v) is 11.6. The number of nitrogens with one attached hydrogen (secondary N) is 2. The number of carbonyl (C=O) groups excluding carboxylic acids is 1. The van der Waals surface area contributed by atoms with E-state index in [4.69, 9.17) is 4.74 Å². The molecule has 2 N–H and O–H groups in total. The number of hydrogen-bond acceptors (Lipinski definition) is 9. The van der Waals surface area contributed by atoms with Gasteiger partial charge >= 0.3 is 0 Å². The number of carbonyl (C=O) groups is 1. The van der Waals surface area contributed by atoms with Crippen LogP contribution in [0, 0.1) is 6.92 Å². The number of anilines is 1. The van der Waals surface area contributed by atoms with Crippen molar-refractivity contribution in [1.82, 2.24) is 25.3 Å². The highest BCUT2D eigenvalue weighted by Crippen LogP contribution is 2.34. The van der Waals surface area contributed by atoms with E-state index in [2.05, 4.69) is 30.0 Å². The number of nitrogens with zero attached hydrogens (tertiary/aromatic N) is 4. The molecule has 3 aromatic heterocycles. The van der Waals surface area contributed by atoms with E-state index in [9.17, 15) is 13.2 Å². The average Bonchev–Trinajstić information content (AvgIpc) is 3.58. The van der Waals surface area contributed by atoms with Crippen LogP contribution < -0.4 is 14.8 Å². The van der Waals surface area contributed by atoms with Gasteiger partial charge in [-0.1, -0.05) is 0 Å². The van der Waals surface area contributed by atoms with Gasteiger partial charge < -0.3 is 10.1 Å². The number of aryl methyl sites for hydroxylation is 1. The van der Waals surface area contributed by atoms with Crippen LogP contribution in [0.25, 0.3) is 11.3 Å². The first kappa shape index (κ1) is 24.0. The van der Waals surface area contributed by atoms with Crippen LogP contribution in [0.5, 0.6) is 5.88 Å². The maximum Gasteiger partial charge on any atom is 0.270 e. The summed E-state index contributed by atoms with van der Waals surface area (Å²) in [7, 11) is -3.41. The number of ether oxygens (including phenoxy) is 1. The summed E-state index contributed by atoms with van der Waals surface area (Å²) in [5, 5.41) is 2.91. The molecule has 4 rings (SSSR count). The Morgan fingerprint density at radius 1 is 1.21 bits per heavy atom. The number of amides is 1. The molecule has 0 saturated heterocycles. The molecule has 0 radical (unpaired) electrons. The minimum Gasteiger partial charge on any atom is -0.477 e. The van der Waals surface area contributed by atoms with Crippen LogP contribution in [-0.4, -0.2) is 46.1 Å². The minimum atomic E-state index is -3.41. The number of sulfonamides is 1. The quantitative estimate of drug-likeness (QED) is 0.455. The van der Waals surface area contributed by atoms with E-state index in [1.165, 1.54) is 17.5 Å². The Morgan fingerprint density at radius 3 is 2.62 bits per heavy atom. The van der Waals surface area contributed by atoms with Crippen LogP contribution >= 0.6 is 11.3 Å². The first-order valence-electron chi connectivity index (χ1n) is 10.8. The number of thiazole rings is 1. The van der Waals surface area contributed by atoms with E-state index in [0.29, 0.717) is 47.4 Å². The number of hydrogen-bond donors (Lipinski definition) is 2. The first-order valence-corrected chi connectivity index (χ1v) is 13.2. The molecule has 10 nitrogen and oxygen atoms in total. The normalized spacial score (nSPS) is 14.0. The largest absolute Gasteiger partial charge is 0.477 e. The summed E-state index contributed by atoms with van der Waals surface area (Å²) in [6.07, 6.45) is 6.03. The van der Waals surface area contributed by atoms with Crippen LogP contribution in [0.2, 0.25) is 0 Å². The summed E-state index contributed by atoms with van der Waals surface area (Å²) in [5.41, 5.74) is 1.27. The van der Waals surface area contributed by atoms with Crippen LogP contribution in [0.4, 0.5) is 5.13 Å². The number of aromatic nitrogens is 4. The van der Waals surface area contributed by atoms with E-state index in [-0.39, 0.29) is 16.9 Å². The molecule has 0 bridgehead atoms. The van der Waals surface area contributed by atoms with Gasteiger partial charge in [-0.3, -0.25) is 19.5 Å². The molecule has 0 atom stereocenters. The molecule has 3 heterocycles. The third-order valence-electron chi connectivity index (χ3n) is 5.20. The molecule has 34 heavy (non-hydrogen) atoms. The molecule has 0 unspecified atom stereocenters. The molecular weight excluding hydrogens is 476 g/mol. The third-order valence-corrected chi connectivity index (χ3v) is 8.05. The highest BCUT2D eigenvalue weighted by molar-refractivity contribution is 7.93. The SMILES string of the molecule is CCOc1cncc(-c2ccc(C(=O)NC(C)(C)c3nc(NS(=O)(=O)C4CC4)sc3C)nc2)n1. The van der Waals surface area contributed by atoms with Gasteiger partial charge in [-0.05, 0) is 52.7 Å². The molecule has 1 aliphatic carbocycles. The fraction of sp³-hybridized carbons (Fsp3) is 0.409. The van der Waals surface area contributed by atoms with Crippen molar-refractivity contribution in [3.8, 4) is 17.1 Å². The van der Waals surface area contributed by atoms with Gasteiger partial charge in [-0.15, -0.1) is 11.3 Å². The van der Waals surface area contributed by atoms with Gasteiger partial charge in [-0.2, -0.15) is 0 Å². The van der Waals surface area contributed by atoms with E-state index < -0.39 is 15.6 Å². The molecular formula is C22H26N6O4S2. The standard InChI is InChI=1S/C22H26N6O4S2/c1-5-32-18-12-23-11-17(25-18)14-6-9-16(24-10-14)20(29)27-22(3,4)19-13(2)33-21(26-19)28-34(30,31)15-7-8-15/h6,9-12,15H,5,7-8H2,1-4H3,(H,26,28)(H,27,29). The van der Waals surface area contributed by atoms with Gasteiger partial charge in [0.05, 0.1) is 41.2 Å².